The summed E-state index contributed by atoms with van der Waals surface area (Å²) >= 11 is 0. The first-order chi connectivity index (χ1) is 15.2. The quantitative estimate of drug-likeness (QED) is 0.289. The summed E-state index contributed by atoms with van der Waals surface area (Å²) in [6.45, 7) is -7.75. The highest BCUT2D eigenvalue weighted by molar-refractivity contribution is 6.72. The predicted octanol–water partition coefficient (Wildman–Crippen LogP) is 0.143. The molecular formula is C20H14B2F4N4O2. The molecule has 0 unspecified atom stereocenters. The van der Waals surface area contributed by atoms with Crippen LogP contribution in [0.2, 0.25) is 0 Å². The number of hydrogen-bond acceptors (Lipinski definition) is 2. The standard InChI is InChI=1S/2C10H7BF2N2O/c2*12-11(13)8-4-3-6-10(16)15(8)9-5-1-2-7-14(9)11/h2*1-7H. The van der Waals surface area contributed by atoms with Crippen molar-refractivity contribution < 1.29 is 26.2 Å². The van der Waals surface area contributed by atoms with Gasteiger partial charge in [-0.15, -0.1) is 0 Å². The Labute approximate surface area is 178 Å². The normalized spacial score (nSPS) is 15.6. The van der Waals surface area contributed by atoms with E-state index in [2.05, 4.69) is 0 Å². The molecule has 4 aromatic heterocycles. The van der Waals surface area contributed by atoms with Crippen LogP contribution in [0.3, 0.4) is 0 Å². The number of nitrogens with zero attached hydrogens (tertiary/aromatic N) is 4. The van der Waals surface area contributed by atoms with Crippen LogP contribution >= 0.6 is 0 Å². The molecule has 2 aliphatic rings. The number of pyridine rings is 4. The van der Waals surface area contributed by atoms with E-state index in [1.807, 2.05) is 0 Å². The third-order valence-electron chi connectivity index (χ3n) is 5.57. The molecule has 0 aromatic carbocycles. The summed E-state index contributed by atoms with van der Waals surface area (Å²) in [5, 5.41) is 0. The fourth-order valence-electron chi connectivity index (χ4n) is 4.15. The Hall–Kier alpha value is -3.95. The van der Waals surface area contributed by atoms with Crippen LogP contribution in [0.1, 0.15) is 0 Å². The minimum atomic E-state index is -3.87. The van der Waals surface area contributed by atoms with Gasteiger partial charge in [-0.3, -0.25) is 0 Å². The van der Waals surface area contributed by atoms with Crippen LogP contribution in [-0.4, -0.2) is 22.8 Å². The van der Waals surface area contributed by atoms with Crippen molar-refractivity contribution in [3.8, 4) is 11.6 Å². The molecule has 160 valence electrons. The van der Waals surface area contributed by atoms with Crippen molar-refractivity contribution >= 4 is 24.9 Å². The van der Waals surface area contributed by atoms with Crippen molar-refractivity contribution in [2.45, 2.75) is 0 Å². The van der Waals surface area contributed by atoms with E-state index >= 15 is 0 Å². The maximum atomic E-state index is 14.0. The minimum absolute atomic E-state index is 0.216. The molecule has 0 fully saturated rings. The van der Waals surface area contributed by atoms with Gasteiger partial charge in [-0.1, -0.05) is 24.3 Å². The lowest BCUT2D eigenvalue weighted by Crippen LogP contribution is -2.62. The van der Waals surface area contributed by atoms with Gasteiger partial charge in [0.2, 0.25) is 11.6 Å². The van der Waals surface area contributed by atoms with Crippen molar-refractivity contribution in [1.29, 1.82) is 0 Å². The summed E-state index contributed by atoms with van der Waals surface area (Å²) < 4.78 is 59.7. The van der Waals surface area contributed by atoms with Crippen LogP contribution in [0.5, 0.6) is 0 Å². The zero-order valence-electron chi connectivity index (χ0n) is 16.4. The molecule has 0 aliphatic carbocycles. The first-order valence-corrected chi connectivity index (χ1v) is 9.75. The van der Waals surface area contributed by atoms with Crippen LogP contribution in [-0.2, 0) is 0 Å². The van der Waals surface area contributed by atoms with Gasteiger partial charge in [0.05, 0.1) is 11.2 Å². The molecule has 0 saturated carbocycles. The van der Waals surface area contributed by atoms with E-state index in [1.54, 1.807) is 12.1 Å². The molecule has 0 saturated heterocycles. The van der Waals surface area contributed by atoms with E-state index in [-0.39, 0.29) is 22.8 Å². The largest absolute Gasteiger partial charge is 0.587 e. The number of fused-ring (bicyclic) bond motifs is 6. The van der Waals surface area contributed by atoms with Crippen molar-refractivity contribution in [1.82, 2.24) is 9.13 Å². The topological polar surface area (TPSA) is 51.8 Å². The molecule has 0 N–H and O–H groups in total. The lowest BCUT2D eigenvalue weighted by Gasteiger charge is -2.12. The number of aromatic nitrogens is 4. The van der Waals surface area contributed by atoms with E-state index in [0.717, 1.165) is 18.1 Å². The molecule has 0 amide bonds. The summed E-state index contributed by atoms with van der Waals surface area (Å²) in [7, 11) is 0. The second-order valence-corrected chi connectivity index (χ2v) is 7.43. The highest BCUT2D eigenvalue weighted by atomic mass is 19.2. The van der Waals surface area contributed by atoms with Gasteiger partial charge in [0.25, 0.3) is 0 Å². The first-order valence-electron chi connectivity index (χ1n) is 9.75. The van der Waals surface area contributed by atoms with Crippen LogP contribution < -0.4 is 31.3 Å². The summed E-state index contributed by atoms with van der Waals surface area (Å²) in [5.74, 6) is 0.432. The first kappa shape index (κ1) is 20.0. The number of hydrogen-bond donors (Lipinski definition) is 0. The summed E-state index contributed by atoms with van der Waals surface area (Å²) in [5.41, 5.74) is -1.34. The van der Waals surface area contributed by atoms with Crippen LogP contribution in [0.4, 0.5) is 17.3 Å². The predicted molar refractivity (Wildman–Crippen MR) is 110 cm³/mol. The van der Waals surface area contributed by atoms with Crippen molar-refractivity contribution in [3.63, 3.8) is 0 Å². The molecule has 6 rings (SSSR count). The van der Waals surface area contributed by atoms with E-state index in [0.29, 0.717) is 0 Å². The third kappa shape index (κ3) is 2.68. The molecule has 12 heteroatoms. The second kappa shape index (κ2) is 6.78. The fourth-order valence-corrected chi connectivity index (χ4v) is 4.15. The number of halogens is 4. The molecule has 0 atom stereocenters. The SMILES string of the molecule is O=c1cccc2n1-c1cccc[n+]1[B-]2(F)F.O=c1cccc2n1-c1cccc[n+]1[B-]2(F)F. The lowest BCUT2D eigenvalue weighted by molar-refractivity contribution is -0.551. The summed E-state index contributed by atoms with van der Waals surface area (Å²) in [6, 6.07) is 17.2. The third-order valence-corrected chi connectivity index (χ3v) is 5.57. The van der Waals surface area contributed by atoms with E-state index < -0.39 is 24.8 Å². The Morgan fingerprint density at radius 1 is 0.562 bits per heavy atom. The lowest BCUT2D eigenvalue weighted by atomic mass is 9.76. The number of rotatable bonds is 0. The smallest absolute Gasteiger partial charge is 0.430 e. The molecule has 0 bridgehead atoms. The molecule has 4 aromatic rings. The van der Waals surface area contributed by atoms with Gasteiger partial charge in [0, 0.05) is 36.7 Å². The van der Waals surface area contributed by atoms with Crippen molar-refractivity contribution in [2.75, 3.05) is 0 Å². The Balaban J connectivity index is 0.000000135. The Morgan fingerprint density at radius 3 is 1.38 bits per heavy atom. The Bertz CT molecular complexity index is 1390. The van der Waals surface area contributed by atoms with E-state index in [9.17, 15) is 26.9 Å². The average Bonchev–Trinajstić information content (AvgIpc) is 3.16. The monoisotopic (exact) mass is 440 g/mol. The average molecular weight is 440 g/mol. The van der Waals surface area contributed by atoms with Crippen LogP contribution in [0.25, 0.3) is 11.6 Å². The van der Waals surface area contributed by atoms with Crippen LogP contribution in [0, 0.1) is 0 Å². The molecule has 32 heavy (non-hydrogen) atoms. The second-order valence-electron chi connectivity index (χ2n) is 7.43. The maximum Gasteiger partial charge on any atom is 0.587 e. The van der Waals surface area contributed by atoms with Gasteiger partial charge < -0.3 is 26.2 Å². The van der Waals surface area contributed by atoms with Crippen LogP contribution in [0.15, 0.2) is 94.8 Å². The Kier molecular flexibility index (Phi) is 4.23. The molecule has 6 heterocycles. The molecule has 0 radical (unpaired) electrons. The Morgan fingerprint density at radius 2 is 0.969 bits per heavy atom. The van der Waals surface area contributed by atoms with Gasteiger partial charge in [0.1, 0.15) is 0 Å². The summed E-state index contributed by atoms with van der Waals surface area (Å²) in [4.78, 5) is 23.2. The molecule has 2 aliphatic heterocycles. The zero-order chi connectivity index (χ0) is 22.7. The van der Waals surface area contributed by atoms with Gasteiger partial charge in [0.15, 0.2) is 0 Å². The summed E-state index contributed by atoms with van der Waals surface area (Å²) in [6.07, 6.45) is 2.59. The van der Waals surface area contributed by atoms with Crippen molar-refractivity contribution in [2.24, 2.45) is 0 Å². The molecular weight excluding hydrogens is 426 g/mol. The van der Waals surface area contributed by atoms with Gasteiger partial charge in [-0.25, -0.2) is 9.59 Å². The minimum Gasteiger partial charge on any atom is -0.430 e. The van der Waals surface area contributed by atoms with Crippen molar-refractivity contribution in [3.05, 3.63) is 106 Å². The highest BCUT2D eigenvalue weighted by Crippen LogP contribution is 2.14. The highest BCUT2D eigenvalue weighted by Gasteiger charge is 2.49. The molecule has 0 spiro atoms. The zero-order valence-corrected chi connectivity index (χ0v) is 16.4. The van der Waals surface area contributed by atoms with Gasteiger partial charge in [-0.2, -0.15) is 9.13 Å². The fraction of sp³-hybridized carbons (Fsp3) is 0. The van der Waals surface area contributed by atoms with E-state index in [4.69, 9.17) is 0 Å². The van der Waals surface area contributed by atoms with E-state index in [1.165, 1.54) is 73.1 Å². The maximum absolute atomic E-state index is 14.0. The van der Waals surface area contributed by atoms with Gasteiger partial charge in [-0.05, 0) is 24.3 Å². The van der Waals surface area contributed by atoms with Gasteiger partial charge >= 0.3 is 24.8 Å². The molecule has 6 nitrogen and oxygen atoms in total.